The van der Waals surface area contributed by atoms with Crippen LogP contribution in [-0.2, 0) is 0 Å². The van der Waals surface area contributed by atoms with Crippen LogP contribution in [0.4, 0.5) is 0 Å². The van der Waals surface area contributed by atoms with Gasteiger partial charge in [-0.1, -0.05) is 84.0 Å². The third-order valence-electron chi connectivity index (χ3n) is 6.39. The van der Waals surface area contributed by atoms with Crippen molar-refractivity contribution < 1.29 is 0 Å². The summed E-state index contributed by atoms with van der Waals surface area (Å²) in [5, 5.41) is 0. The number of nitrogens with zero attached hydrogens (tertiary/aromatic N) is 1. The van der Waals surface area contributed by atoms with Crippen LogP contribution in [0.25, 0.3) is 0 Å². The highest BCUT2D eigenvalue weighted by Crippen LogP contribution is 2.38. The Bertz CT molecular complexity index is 274. The highest BCUT2D eigenvalue weighted by Gasteiger charge is 2.24. The molecule has 0 saturated heterocycles. The molecule has 0 spiro atoms. The van der Waals surface area contributed by atoms with E-state index in [0.29, 0.717) is 0 Å². The average Bonchev–Trinajstić information content (AvgIpc) is 3.32. The normalized spacial score (nSPS) is 27.3. The fourth-order valence-corrected chi connectivity index (χ4v) is 4.55. The van der Waals surface area contributed by atoms with Gasteiger partial charge in [0, 0.05) is 6.04 Å². The third-order valence-corrected chi connectivity index (χ3v) is 6.39. The van der Waals surface area contributed by atoms with Crippen molar-refractivity contribution in [2.75, 3.05) is 14.1 Å². The molecule has 2 fully saturated rings. The Kier molecular flexibility index (Phi) is 8.28. The van der Waals surface area contributed by atoms with E-state index in [1.54, 1.807) is 38.5 Å². The Balaban J connectivity index is 1.50. The van der Waals surface area contributed by atoms with Crippen molar-refractivity contribution >= 4 is 0 Å². The lowest BCUT2D eigenvalue weighted by Crippen LogP contribution is -2.27. The summed E-state index contributed by atoms with van der Waals surface area (Å²) >= 11 is 0. The van der Waals surface area contributed by atoms with Gasteiger partial charge in [-0.25, -0.2) is 0 Å². The minimum absolute atomic E-state index is 0.823. The zero-order chi connectivity index (χ0) is 15.8. The molecule has 1 heteroatoms. The van der Waals surface area contributed by atoms with Gasteiger partial charge >= 0.3 is 0 Å². The van der Waals surface area contributed by atoms with E-state index < -0.39 is 0 Å². The van der Waals surface area contributed by atoms with Crippen LogP contribution in [0.5, 0.6) is 0 Å². The van der Waals surface area contributed by atoms with Crippen LogP contribution >= 0.6 is 0 Å². The molecule has 2 aliphatic rings. The lowest BCUT2D eigenvalue weighted by molar-refractivity contribution is 0.223. The van der Waals surface area contributed by atoms with E-state index in [4.69, 9.17) is 0 Å². The molecule has 0 bridgehead atoms. The van der Waals surface area contributed by atoms with Crippen molar-refractivity contribution in [2.24, 2.45) is 17.8 Å². The van der Waals surface area contributed by atoms with Gasteiger partial charge in [-0.2, -0.15) is 0 Å². The maximum Gasteiger partial charge on any atom is 0.00890 e. The second-order valence-electron chi connectivity index (χ2n) is 8.60. The minimum atomic E-state index is 0.823. The Morgan fingerprint density at radius 3 is 1.59 bits per heavy atom. The molecular formula is C21H41N. The predicted octanol–water partition coefficient (Wildman–Crippen LogP) is 6.27. The number of hydrogen-bond acceptors (Lipinski definition) is 1. The summed E-state index contributed by atoms with van der Waals surface area (Å²) in [7, 11) is 4.51. The zero-order valence-corrected chi connectivity index (χ0v) is 15.7. The second kappa shape index (κ2) is 9.96. The SMILES string of the molecule is CCCC(CCCC1CCC(CCCC2CC2)CC1)N(C)C. The smallest absolute Gasteiger partial charge is 0.00890 e. The predicted molar refractivity (Wildman–Crippen MR) is 98.3 cm³/mol. The van der Waals surface area contributed by atoms with Gasteiger partial charge in [0.2, 0.25) is 0 Å². The molecule has 0 heterocycles. The van der Waals surface area contributed by atoms with E-state index in [1.165, 1.54) is 51.4 Å². The van der Waals surface area contributed by atoms with Gasteiger partial charge < -0.3 is 4.90 Å². The fraction of sp³-hybridized carbons (Fsp3) is 1.00. The molecule has 1 unspecified atom stereocenters. The summed E-state index contributed by atoms with van der Waals surface area (Å²) in [6.45, 7) is 2.32. The molecule has 2 saturated carbocycles. The third kappa shape index (κ3) is 7.02. The van der Waals surface area contributed by atoms with Gasteiger partial charge in [-0.05, 0) is 44.7 Å². The van der Waals surface area contributed by atoms with Crippen molar-refractivity contribution in [3.05, 3.63) is 0 Å². The molecule has 0 aromatic heterocycles. The monoisotopic (exact) mass is 307 g/mol. The molecule has 130 valence electrons. The largest absolute Gasteiger partial charge is 0.306 e. The van der Waals surface area contributed by atoms with Crippen LogP contribution < -0.4 is 0 Å². The van der Waals surface area contributed by atoms with Crippen LogP contribution in [0.2, 0.25) is 0 Å². The summed E-state index contributed by atoms with van der Waals surface area (Å²) in [6.07, 6.45) is 20.9. The minimum Gasteiger partial charge on any atom is -0.306 e. The van der Waals surface area contributed by atoms with Crippen molar-refractivity contribution in [1.82, 2.24) is 4.90 Å². The van der Waals surface area contributed by atoms with Crippen molar-refractivity contribution in [1.29, 1.82) is 0 Å². The first-order valence-electron chi connectivity index (χ1n) is 10.4. The van der Waals surface area contributed by atoms with Crippen molar-refractivity contribution in [2.45, 2.75) is 103 Å². The van der Waals surface area contributed by atoms with Gasteiger partial charge in [0.1, 0.15) is 0 Å². The summed E-state index contributed by atoms with van der Waals surface area (Å²) in [4.78, 5) is 2.44. The second-order valence-corrected chi connectivity index (χ2v) is 8.60. The highest BCUT2D eigenvalue weighted by molar-refractivity contribution is 4.76. The zero-order valence-electron chi connectivity index (χ0n) is 15.7. The molecule has 0 amide bonds. The topological polar surface area (TPSA) is 3.24 Å². The Morgan fingerprint density at radius 1 is 0.727 bits per heavy atom. The van der Waals surface area contributed by atoms with Gasteiger partial charge in [-0.3, -0.25) is 0 Å². The molecule has 1 nitrogen and oxygen atoms in total. The van der Waals surface area contributed by atoms with E-state index in [-0.39, 0.29) is 0 Å². The molecule has 0 aromatic rings. The average molecular weight is 308 g/mol. The van der Waals surface area contributed by atoms with Crippen LogP contribution in [0.1, 0.15) is 96.8 Å². The Hall–Kier alpha value is -0.0400. The van der Waals surface area contributed by atoms with Gasteiger partial charge in [0.15, 0.2) is 0 Å². The molecule has 0 aromatic carbocycles. The fourth-order valence-electron chi connectivity index (χ4n) is 4.55. The molecule has 0 radical (unpaired) electrons. The first kappa shape index (κ1) is 18.3. The lowest BCUT2D eigenvalue weighted by Gasteiger charge is -2.29. The highest BCUT2D eigenvalue weighted by atomic mass is 15.1. The van der Waals surface area contributed by atoms with Gasteiger partial charge in [0.05, 0.1) is 0 Å². The van der Waals surface area contributed by atoms with E-state index in [1.807, 2.05) is 0 Å². The first-order chi connectivity index (χ1) is 10.7. The Morgan fingerprint density at radius 2 is 1.18 bits per heavy atom. The first-order valence-corrected chi connectivity index (χ1v) is 10.4. The summed E-state index contributed by atoms with van der Waals surface area (Å²) in [5.41, 5.74) is 0. The van der Waals surface area contributed by atoms with Crippen LogP contribution in [0.15, 0.2) is 0 Å². The van der Waals surface area contributed by atoms with Crippen LogP contribution in [-0.4, -0.2) is 25.0 Å². The summed E-state index contributed by atoms with van der Waals surface area (Å²) in [6, 6.07) is 0.823. The molecule has 2 aliphatic carbocycles. The lowest BCUT2D eigenvalue weighted by atomic mass is 9.77. The van der Waals surface area contributed by atoms with Gasteiger partial charge in [0.25, 0.3) is 0 Å². The van der Waals surface area contributed by atoms with E-state index >= 15 is 0 Å². The van der Waals surface area contributed by atoms with Crippen LogP contribution in [0.3, 0.4) is 0 Å². The standard InChI is InChI=1S/C21H41N/c1-4-7-21(22(2)3)11-6-10-20-16-14-19(15-17-20)9-5-8-18-12-13-18/h18-21H,4-17H2,1-3H3. The van der Waals surface area contributed by atoms with Crippen LogP contribution in [0, 0.1) is 17.8 Å². The summed E-state index contributed by atoms with van der Waals surface area (Å²) < 4.78 is 0. The van der Waals surface area contributed by atoms with Crippen molar-refractivity contribution in [3.8, 4) is 0 Å². The maximum atomic E-state index is 2.44. The molecule has 2 rings (SSSR count). The number of hydrogen-bond donors (Lipinski definition) is 0. The number of rotatable bonds is 11. The maximum absolute atomic E-state index is 2.44. The molecular weight excluding hydrogens is 266 g/mol. The van der Waals surface area contributed by atoms with E-state index in [9.17, 15) is 0 Å². The molecule has 1 atom stereocenters. The molecule has 22 heavy (non-hydrogen) atoms. The van der Waals surface area contributed by atoms with Gasteiger partial charge in [-0.15, -0.1) is 0 Å². The molecule has 0 N–H and O–H groups in total. The Labute approximate surface area is 140 Å². The molecule has 0 aliphatic heterocycles. The quantitative estimate of drug-likeness (QED) is 0.434. The van der Waals surface area contributed by atoms with E-state index in [2.05, 4.69) is 25.9 Å². The van der Waals surface area contributed by atoms with E-state index in [0.717, 1.165) is 23.8 Å². The van der Waals surface area contributed by atoms with Crippen molar-refractivity contribution in [3.63, 3.8) is 0 Å². The summed E-state index contributed by atoms with van der Waals surface area (Å²) in [5.74, 6) is 3.29.